The quantitative estimate of drug-likeness (QED) is 0.717. The molecule has 3 aliphatic rings. The minimum atomic E-state index is -1.57. The zero-order valence-corrected chi connectivity index (χ0v) is 15.8. The number of hydrogen-bond acceptors (Lipinski definition) is 5. The average molecular weight is 386 g/mol. The topological polar surface area (TPSA) is 119 Å². The highest BCUT2D eigenvalue weighted by Gasteiger charge is 2.56. The van der Waals surface area contributed by atoms with Crippen molar-refractivity contribution in [2.45, 2.75) is 44.7 Å². The van der Waals surface area contributed by atoms with E-state index in [0.29, 0.717) is 23.3 Å². The van der Waals surface area contributed by atoms with E-state index in [2.05, 4.69) is 5.73 Å². The molecule has 7 nitrogen and oxygen atoms in total. The standard InChI is InChI=1S/C20H23FN4O3/c1-9-16-13(18(26)11(19(27)28)6-25(16)10-2-3-10)15(23)14(21)17(9)24-7-12(22)20(8-24)4-5-20/h6,10,12H,2-5,7-8,22-23H2,1H3,(H,27,28)/t12-/m1/s1. The summed E-state index contributed by atoms with van der Waals surface area (Å²) in [5.74, 6) is -2.22. The van der Waals surface area contributed by atoms with Gasteiger partial charge >= 0.3 is 0 Å². The maximum Gasteiger partial charge on any atom is 0.200 e. The van der Waals surface area contributed by atoms with Crippen LogP contribution in [-0.4, -0.2) is 29.7 Å². The van der Waals surface area contributed by atoms with Crippen LogP contribution in [0.5, 0.6) is 0 Å². The van der Waals surface area contributed by atoms with Crippen molar-refractivity contribution >= 4 is 28.2 Å². The second-order valence-electron chi connectivity index (χ2n) is 8.66. The van der Waals surface area contributed by atoms with Crippen LogP contribution >= 0.6 is 0 Å². The van der Waals surface area contributed by atoms with Gasteiger partial charge in [-0.25, -0.2) is 4.39 Å². The minimum absolute atomic E-state index is 0.0566. The predicted octanol–water partition coefficient (Wildman–Crippen LogP) is -0.0597. The van der Waals surface area contributed by atoms with Gasteiger partial charge in [0.2, 0.25) is 5.43 Å². The summed E-state index contributed by atoms with van der Waals surface area (Å²) >= 11 is 0. The molecule has 3 fully saturated rings. The van der Waals surface area contributed by atoms with E-state index in [-0.39, 0.29) is 28.6 Å². The minimum Gasteiger partial charge on any atom is -0.545 e. The molecule has 0 amide bonds. The molecule has 5 N–H and O–H groups in total. The molecule has 28 heavy (non-hydrogen) atoms. The van der Waals surface area contributed by atoms with E-state index in [4.69, 9.17) is 5.73 Å². The number of carbonyl (C=O) groups is 1. The van der Waals surface area contributed by atoms with Gasteiger partial charge in [-0.3, -0.25) is 4.79 Å². The van der Waals surface area contributed by atoms with Gasteiger partial charge in [0.25, 0.3) is 0 Å². The summed E-state index contributed by atoms with van der Waals surface area (Å²) in [6.45, 7) is 3.16. The van der Waals surface area contributed by atoms with Crippen molar-refractivity contribution in [1.29, 1.82) is 0 Å². The number of benzene rings is 1. The van der Waals surface area contributed by atoms with Gasteiger partial charge in [-0.2, -0.15) is 0 Å². The number of quaternary nitrogens is 1. The first-order chi connectivity index (χ1) is 13.2. The number of anilines is 2. The number of carbonyl (C=O) groups excluding carboxylic acids is 1. The van der Waals surface area contributed by atoms with Crippen LogP contribution in [0.15, 0.2) is 11.0 Å². The Kier molecular flexibility index (Phi) is 3.42. The lowest BCUT2D eigenvalue weighted by Crippen LogP contribution is -2.65. The van der Waals surface area contributed by atoms with Crippen molar-refractivity contribution in [3.8, 4) is 0 Å². The molecule has 0 radical (unpaired) electrons. The normalized spacial score (nSPS) is 23.0. The Morgan fingerprint density at radius 2 is 2.07 bits per heavy atom. The summed E-state index contributed by atoms with van der Waals surface area (Å²) in [4.78, 5) is 26.2. The van der Waals surface area contributed by atoms with E-state index in [1.54, 1.807) is 11.5 Å². The van der Waals surface area contributed by atoms with E-state index in [1.807, 2.05) is 4.90 Å². The largest absolute Gasteiger partial charge is 0.545 e. The third-order valence-corrected chi connectivity index (χ3v) is 6.84. The summed E-state index contributed by atoms with van der Waals surface area (Å²) in [5.41, 5.74) is 10.5. The Morgan fingerprint density at radius 3 is 2.61 bits per heavy atom. The maximum absolute atomic E-state index is 15.4. The van der Waals surface area contributed by atoms with E-state index in [9.17, 15) is 14.7 Å². The van der Waals surface area contributed by atoms with Crippen molar-refractivity contribution in [3.63, 3.8) is 0 Å². The molecule has 1 atom stereocenters. The van der Waals surface area contributed by atoms with Gasteiger partial charge in [0.15, 0.2) is 5.82 Å². The first-order valence-electron chi connectivity index (χ1n) is 9.71. The Bertz CT molecular complexity index is 1100. The Balaban J connectivity index is 1.81. The number of nitrogen functional groups attached to an aromatic ring is 1. The molecule has 1 saturated heterocycles. The summed E-state index contributed by atoms with van der Waals surface area (Å²) in [6.07, 6.45) is 5.29. The number of carboxylic acid groups (broad SMARTS) is 1. The molecule has 2 saturated carbocycles. The van der Waals surface area contributed by atoms with Gasteiger partial charge in [-0.1, -0.05) is 0 Å². The third-order valence-electron chi connectivity index (χ3n) is 6.84. The number of halogens is 1. The number of rotatable bonds is 3. The maximum atomic E-state index is 15.4. The molecule has 2 heterocycles. The fraction of sp³-hybridized carbons (Fsp3) is 0.500. The van der Waals surface area contributed by atoms with Crippen LogP contribution in [0.25, 0.3) is 10.9 Å². The lowest BCUT2D eigenvalue weighted by Gasteiger charge is -2.25. The first-order valence-corrected chi connectivity index (χ1v) is 9.71. The van der Waals surface area contributed by atoms with Crippen LogP contribution in [0.1, 0.15) is 47.6 Å². The van der Waals surface area contributed by atoms with Gasteiger partial charge in [-0.05, 0) is 38.2 Å². The zero-order chi connectivity index (χ0) is 20.0. The van der Waals surface area contributed by atoms with Crippen LogP contribution in [0.2, 0.25) is 0 Å². The number of aryl methyl sites for hydroxylation is 1. The second kappa shape index (κ2) is 5.47. The molecule has 8 heteroatoms. The van der Waals surface area contributed by atoms with Crippen LogP contribution < -0.4 is 26.9 Å². The number of aromatic carboxylic acids is 1. The molecule has 2 aromatic rings. The summed E-state index contributed by atoms with van der Waals surface area (Å²) in [7, 11) is 0. The van der Waals surface area contributed by atoms with Gasteiger partial charge in [0.05, 0.1) is 40.4 Å². The SMILES string of the molecule is Cc1c(N2C[C@@H]([NH3+])C3(CC3)C2)c(F)c(N)c2c(=O)c(C(=O)[O-])cn(C3CC3)c12. The van der Waals surface area contributed by atoms with Gasteiger partial charge in [0.1, 0.15) is 6.04 Å². The monoisotopic (exact) mass is 386 g/mol. The molecule has 1 aromatic heterocycles. The second-order valence-corrected chi connectivity index (χ2v) is 8.66. The van der Waals surface area contributed by atoms with Gasteiger partial charge in [0, 0.05) is 24.2 Å². The van der Waals surface area contributed by atoms with Crippen molar-refractivity contribution in [2.24, 2.45) is 5.41 Å². The van der Waals surface area contributed by atoms with Crippen LogP contribution in [0.3, 0.4) is 0 Å². The first kappa shape index (κ1) is 17.5. The predicted molar refractivity (Wildman–Crippen MR) is 100 cm³/mol. The van der Waals surface area contributed by atoms with Gasteiger partial charge in [-0.15, -0.1) is 0 Å². The summed E-state index contributed by atoms with van der Waals surface area (Å²) < 4.78 is 17.2. The average Bonchev–Trinajstić information content (AvgIpc) is 3.53. The summed E-state index contributed by atoms with van der Waals surface area (Å²) in [6, 6.07) is 0.320. The number of nitrogens with two attached hydrogens (primary N) is 1. The zero-order valence-electron chi connectivity index (χ0n) is 15.8. The lowest BCUT2D eigenvalue weighted by atomic mass is 10.0. The molecule has 1 aliphatic heterocycles. The highest BCUT2D eigenvalue weighted by molar-refractivity contribution is 6.01. The van der Waals surface area contributed by atoms with Crippen LogP contribution in [-0.2, 0) is 0 Å². The highest BCUT2D eigenvalue weighted by Crippen LogP contribution is 2.53. The Labute approximate surface area is 160 Å². The number of aromatic nitrogens is 1. The number of pyridine rings is 1. The molecule has 148 valence electrons. The molecular formula is C20H23FN4O3. The molecular weight excluding hydrogens is 363 g/mol. The lowest BCUT2D eigenvalue weighted by molar-refractivity contribution is -0.427. The van der Waals surface area contributed by atoms with Crippen molar-refractivity contribution in [3.05, 3.63) is 33.4 Å². The Hall–Kier alpha value is -2.61. The van der Waals surface area contributed by atoms with Crippen LogP contribution in [0.4, 0.5) is 15.8 Å². The third kappa shape index (κ3) is 2.24. The highest BCUT2D eigenvalue weighted by atomic mass is 19.1. The van der Waals surface area contributed by atoms with E-state index < -0.39 is 22.8 Å². The molecule has 5 rings (SSSR count). The van der Waals surface area contributed by atoms with E-state index in [0.717, 1.165) is 32.2 Å². The number of nitrogens with zero attached hydrogens (tertiary/aromatic N) is 2. The van der Waals surface area contributed by atoms with Gasteiger partial charge < -0.3 is 30.8 Å². The Morgan fingerprint density at radius 1 is 1.39 bits per heavy atom. The van der Waals surface area contributed by atoms with Crippen molar-refractivity contribution in [2.75, 3.05) is 23.7 Å². The molecule has 0 bridgehead atoms. The van der Waals surface area contributed by atoms with Crippen molar-refractivity contribution in [1.82, 2.24) is 4.57 Å². The number of hydrogen-bond donors (Lipinski definition) is 2. The molecule has 2 aliphatic carbocycles. The molecule has 1 aromatic carbocycles. The van der Waals surface area contributed by atoms with Crippen LogP contribution in [0, 0.1) is 18.2 Å². The smallest absolute Gasteiger partial charge is 0.200 e. The van der Waals surface area contributed by atoms with E-state index >= 15 is 4.39 Å². The number of carboxylic acids is 1. The molecule has 0 unspecified atom stereocenters. The van der Waals surface area contributed by atoms with E-state index in [1.165, 1.54) is 6.20 Å². The summed E-state index contributed by atoms with van der Waals surface area (Å²) in [5, 5.41) is 11.4. The molecule has 1 spiro atoms. The van der Waals surface area contributed by atoms with Crippen molar-refractivity contribution < 1.29 is 20.0 Å². The fourth-order valence-corrected chi connectivity index (χ4v) is 4.87. The number of fused-ring (bicyclic) bond motifs is 1. The fourth-order valence-electron chi connectivity index (χ4n) is 4.87.